The zero-order valence-electron chi connectivity index (χ0n) is 16.5. The highest BCUT2D eigenvalue weighted by molar-refractivity contribution is 14.1. The number of nitrogens with zero attached hydrogens (tertiary/aromatic N) is 4. The zero-order valence-corrected chi connectivity index (χ0v) is 19.5. The van der Waals surface area contributed by atoms with Crippen LogP contribution in [-0.2, 0) is 13.0 Å². The first-order valence-corrected chi connectivity index (χ1v) is 11.1. The van der Waals surface area contributed by atoms with Crippen molar-refractivity contribution in [2.24, 2.45) is 0 Å². The van der Waals surface area contributed by atoms with Crippen LogP contribution in [0.1, 0.15) is 5.56 Å². The monoisotopic (exact) mass is 533 g/mol. The first-order valence-electron chi connectivity index (χ1n) is 9.20. The Balaban J connectivity index is 1.63. The van der Waals surface area contributed by atoms with Crippen molar-refractivity contribution in [3.05, 3.63) is 57.9 Å². The third-order valence-electron chi connectivity index (χ3n) is 4.57. The number of hydrogen-bond donors (Lipinski definition) is 1. The Morgan fingerprint density at radius 3 is 2.73 bits per heavy atom. The average Bonchev–Trinajstić information content (AvgIpc) is 3.18. The lowest BCUT2D eigenvalue weighted by Gasteiger charge is -2.11. The number of fused-ring (bicyclic) bond motifs is 1. The van der Waals surface area contributed by atoms with Crippen molar-refractivity contribution in [2.75, 3.05) is 20.0 Å². The molecule has 0 unspecified atom stereocenters. The van der Waals surface area contributed by atoms with Gasteiger partial charge < -0.3 is 19.8 Å². The molecule has 0 spiro atoms. The normalized spacial score (nSPS) is 11.0. The van der Waals surface area contributed by atoms with Crippen LogP contribution in [0.3, 0.4) is 0 Å². The minimum Gasteiger partial charge on any atom is -0.497 e. The average molecular weight is 533 g/mol. The molecular formula is C21H20IN5O2S. The van der Waals surface area contributed by atoms with Crippen molar-refractivity contribution in [3.8, 4) is 23.0 Å². The number of imidazole rings is 1. The Morgan fingerprint density at radius 1 is 1.10 bits per heavy atom. The second-order valence-electron chi connectivity index (χ2n) is 6.50. The van der Waals surface area contributed by atoms with Gasteiger partial charge in [-0.05, 0) is 76.7 Å². The van der Waals surface area contributed by atoms with Gasteiger partial charge in [0.1, 0.15) is 11.5 Å². The Hall–Kier alpha value is -2.53. The lowest BCUT2D eigenvalue weighted by Crippen LogP contribution is -2.10. The third kappa shape index (κ3) is 4.46. The number of hydrogen-bond acceptors (Lipinski definition) is 7. The fourth-order valence-electron chi connectivity index (χ4n) is 3.05. The summed E-state index contributed by atoms with van der Waals surface area (Å²) >= 11 is 3.73. The molecule has 154 valence electrons. The summed E-state index contributed by atoms with van der Waals surface area (Å²) in [5.41, 5.74) is 7.94. The van der Waals surface area contributed by atoms with E-state index in [4.69, 9.17) is 20.2 Å². The Morgan fingerprint density at radius 2 is 1.97 bits per heavy atom. The molecule has 0 saturated heterocycles. The van der Waals surface area contributed by atoms with Gasteiger partial charge in [-0.15, -0.1) is 0 Å². The SMILES string of the molecule is COc1ccc(OC)c(Sc2nc3c(N)ncn(CCc4cccc(I)c4)c-3n2)c1. The van der Waals surface area contributed by atoms with Gasteiger partial charge in [0.15, 0.2) is 22.5 Å². The molecule has 0 amide bonds. The van der Waals surface area contributed by atoms with E-state index in [-0.39, 0.29) is 0 Å². The van der Waals surface area contributed by atoms with E-state index in [1.165, 1.54) is 20.9 Å². The Labute approximate surface area is 192 Å². The van der Waals surface area contributed by atoms with Crippen LogP contribution < -0.4 is 15.2 Å². The van der Waals surface area contributed by atoms with Gasteiger partial charge in [-0.3, -0.25) is 0 Å². The first-order chi connectivity index (χ1) is 14.6. The predicted molar refractivity (Wildman–Crippen MR) is 125 cm³/mol. The summed E-state index contributed by atoms with van der Waals surface area (Å²) in [6.45, 7) is 0.731. The van der Waals surface area contributed by atoms with Gasteiger partial charge in [-0.25, -0.2) is 15.0 Å². The van der Waals surface area contributed by atoms with Crippen molar-refractivity contribution < 1.29 is 9.47 Å². The maximum atomic E-state index is 6.08. The van der Waals surface area contributed by atoms with Crippen LogP contribution in [-0.4, -0.2) is 33.7 Å². The van der Waals surface area contributed by atoms with Gasteiger partial charge in [0, 0.05) is 10.1 Å². The fourth-order valence-corrected chi connectivity index (χ4v) is 4.55. The molecule has 0 saturated carbocycles. The summed E-state index contributed by atoms with van der Waals surface area (Å²) in [4.78, 5) is 14.5. The second kappa shape index (κ2) is 9.09. The third-order valence-corrected chi connectivity index (χ3v) is 6.15. The lowest BCUT2D eigenvalue weighted by atomic mass is 10.1. The largest absolute Gasteiger partial charge is 0.497 e. The van der Waals surface area contributed by atoms with Gasteiger partial charge in [-0.1, -0.05) is 12.1 Å². The van der Waals surface area contributed by atoms with Crippen LogP contribution in [0, 0.1) is 3.57 Å². The van der Waals surface area contributed by atoms with E-state index < -0.39 is 0 Å². The van der Waals surface area contributed by atoms with E-state index in [0.29, 0.717) is 16.7 Å². The van der Waals surface area contributed by atoms with Gasteiger partial charge in [0.2, 0.25) is 0 Å². The molecule has 0 fully saturated rings. The summed E-state index contributed by atoms with van der Waals surface area (Å²) in [6.07, 6.45) is 2.59. The molecular weight excluding hydrogens is 513 g/mol. The van der Waals surface area contributed by atoms with Crippen molar-refractivity contribution in [1.29, 1.82) is 0 Å². The van der Waals surface area contributed by atoms with Gasteiger partial charge in [0.05, 0.1) is 25.4 Å². The highest BCUT2D eigenvalue weighted by atomic mass is 127. The maximum absolute atomic E-state index is 6.08. The van der Waals surface area contributed by atoms with Crippen LogP contribution in [0.4, 0.5) is 5.82 Å². The lowest BCUT2D eigenvalue weighted by molar-refractivity contribution is 0.394. The molecule has 2 aliphatic heterocycles. The molecule has 0 bridgehead atoms. The molecule has 0 atom stereocenters. The van der Waals surface area contributed by atoms with Crippen LogP contribution in [0.2, 0.25) is 0 Å². The number of methoxy groups -OCH3 is 2. The van der Waals surface area contributed by atoms with Crippen molar-refractivity contribution in [2.45, 2.75) is 23.0 Å². The van der Waals surface area contributed by atoms with E-state index in [1.807, 2.05) is 22.8 Å². The number of halogens is 1. The molecule has 0 aromatic heterocycles. The summed E-state index contributed by atoms with van der Waals surface area (Å²) in [6, 6.07) is 14.1. The van der Waals surface area contributed by atoms with Crippen molar-refractivity contribution in [1.82, 2.24) is 19.5 Å². The number of nitrogens with two attached hydrogens (primary N) is 1. The molecule has 2 aliphatic rings. The van der Waals surface area contributed by atoms with Crippen molar-refractivity contribution >= 4 is 40.2 Å². The number of nitrogen functional groups attached to an aromatic ring is 1. The Bertz CT molecular complexity index is 1150. The molecule has 9 heteroatoms. The predicted octanol–water partition coefficient (Wildman–Crippen LogP) is 4.38. The molecule has 2 aromatic rings. The molecule has 2 heterocycles. The minimum absolute atomic E-state index is 0.368. The molecule has 30 heavy (non-hydrogen) atoms. The van der Waals surface area contributed by atoms with Crippen LogP contribution >= 0.6 is 34.4 Å². The maximum Gasteiger partial charge on any atom is 0.195 e. The minimum atomic E-state index is 0.368. The first kappa shape index (κ1) is 20.7. The summed E-state index contributed by atoms with van der Waals surface area (Å²) in [5, 5.41) is 0.583. The smallest absolute Gasteiger partial charge is 0.195 e. The zero-order chi connectivity index (χ0) is 21.1. The number of anilines is 1. The molecule has 2 N–H and O–H groups in total. The van der Waals surface area contributed by atoms with Crippen molar-refractivity contribution in [3.63, 3.8) is 0 Å². The molecule has 0 aliphatic carbocycles. The molecule has 2 aromatic carbocycles. The number of aromatic nitrogens is 4. The summed E-state index contributed by atoms with van der Waals surface area (Å²) < 4.78 is 14.0. The molecule has 0 radical (unpaired) electrons. The van der Waals surface area contributed by atoms with Gasteiger partial charge in [-0.2, -0.15) is 0 Å². The van der Waals surface area contributed by atoms with Crippen LogP contribution in [0.15, 0.2) is 58.8 Å². The van der Waals surface area contributed by atoms with Gasteiger partial charge >= 0.3 is 0 Å². The van der Waals surface area contributed by atoms with Crippen LogP contribution in [0.25, 0.3) is 11.5 Å². The quantitative estimate of drug-likeness (QED) is 0.353. The molecule has 7 nitrogen and oxygen atoms in total. The number of benzene rings is 2. The second-order valence-corrected chi connectivity index (χ2v) is 8.76. The standard InChI is InChI=1S/C21H20IN5O2S/c1-28-15-6-7-16(29-2)17(11-15)30-21-25-18-19(23)24-12-27(20(18)26-21)9-8-13-4-3-5-14(22)10-13/h3-7,10-12H,8-9,23H2,1-2H3. The summed E-state index contributed by atoms with van der Waals surface area (Å²) in [7, 11) is 3.27. The highest BCUT2D eigenvalue weighted by Crippen LogP contribution is 2.38. The number of rotatable bonds is 7. The summed E-state index contributed by atoms with van der Waals surface area (Å²) in [5.74, 6) is 2.56. The van der Waals surface area contributed by atoms with E-state index in [2.05, 4.69) is 56.8 Å². The van der Waals surface area contributed by atoms with E-state index in [9.17, 15) is 0 Å². The van der Waals surface area contributed by atoms with E-state index >= 15 is 0 Å². The van der Waals surface area contributed by atoms with E-state index in [1.54, 1.807) is 20.5 Å². The fraction of sp³-hybridized carbons (Fsp3) is 0.190. The van der Waals surface area contributed by atoms with Crippen LogP contribution in [0.5, 0.6) is 11.5 Å². The Kier molecular flexibility index (Phi) is 6.28. The van der Waals surface area contributed by atoms with E-state index in [0.717, 1.165) is 35.2 Å². The van der Waals surface area contributed by atoms with Gasteiger partial charge in [0.25, 0.3) is 0 Å². The topological polar surface area (TPSA) is 88.1 Å². The molecule has 4 rings (SSSR count). The highest BCUT2D eigenvalue weighted by Gasteiger charge is 2.20. The number of aryl methyl sites for hydroxylation is 2. The number of ether oxygens (including phenoxy) is 2.